The zero-order valence-corrected chi connectivity index (χ0v) is 29.7. The fourth-order valence-corrected chi connectivity index (χ4v) is 8.07. The van der Waals surface area contributed by atoms with Crippen LogP contribution in [-0.4, -0.2) is 4.98 Å². The number of para-hydroxylation sites is 1. The molecule has 11 aromatic rings. The fourth-order valence-electron chi connectivity index (χ4n) is 8.07. The van der Waals surface area contributed by atoms with Gasteiger partial charge in [0.05, 0.1) is 5.69 Å². The van der Waals surface area contributed by atoms with Gasteiger partial charge in [-0.2, -0.15) is 0 Å². The van der Waals surface area contributed by atoms with E-state index in [1.54, 1.807) is 0 Å². The Kier molecular flexibility index (Phi) is 7.14. The second kappa shape index (κ2) is 12.6. The monoisotopic (exact) mass is 704 g/mol. The molecule has 2 heterocycles. The van der Waals surface area contributed by atoms with E-state index in [0.29, 0.717) is 11.5 Å². The Bertz CT molecular complexity index is 3200. The molecule has 2 aromatic heterocycles. The highest BCUT2D eigenvalue weighted by atomic mass is 16.4. The molecule has 0 aliphatic rings. The van der Waals surface area contributed by atoms with Crippen LogP contribution in [0.4, 0.5) is 17.1 Å². The summed E-state index contributed by atoms with van der Waals surface area (Å²) in [6.07, 6.45) is 0. The number of hydrogen-bond acceptors (Lipinski definition) is 4. The highest BCUT2D eigenvalue weighted by Crippen LogP contribution is 2.44. The van der Waals surface area contributed by atoms with Crippen molar-refractivity contribution in [1.29, 1.82) is 0 Å². The lowest BCUT2D eigenvalue weighted by atomic mass is 9.97. The largest absolute Gasteiger partial charge is 0.456 e. The van der Waals surface area contributed by atoms with Gasteiger partial charge in [-0.05, 0) is 92.8 Å². The minimum Gasteiger partial charge on any atom is -0.456 e. The van der Waals surface area contributed by atoms with E-state index < -0.39 is 0 Å². The predicted octanol–water partition coefficient (Wildman–Crippen LogP) is 14.5. The molecule has 0 aliphatic heterocycles. The van der Waals surface area contributed by atoms with Crippen molar-refractivity contribution < 1.29 is 8.83 Å². The normalized spacial score (nSPS) is 11.6. The van der Waals surface area contributed by atoms with Gasteiger partial charge in [0.2, 0.25) is 5.89 Å². The second-order valence-corrected chi connectivity index (χ2v) is 13.9. The maximum absolute atomic E-state index is 6.44. The molecule has 9 aromatic carbocycles. The summed E-state index contributed by atoms with van der Waals surface area (Å²) in [5, 5.41) is 6.99. The third-order valence-corrected chi connectivity index (χ3v) is 10.7. The molecular weight excluding hydrogens is 673 g/mol. The molecule has 0 fully saturated rings. The molecule has 0 bridgehead atoms. The summed E-state index contributed by atoms with van der Waals surface area (Å²) in [6.45, 7) is 0. The van der Waals surface area contributed by atoms with Gasteiger partial charge in [0.25, 0.3) is 0 Å². The summed E-state index contributed by atoms with van der Waals surface area (Å²) in [6, 6.07) is 68.4. The summed E-state index contributed by atoms with van der Waals surface area (Å²) in [4.78, 5) is 7.24. The van der Waals surface area contributed by atoms with E-state index in [9.17, 15) is 0 Å². The molecule has 0 N–H and O–H groups in total. The van der Waals surface area contributed by atoms with Crippen LogP contribution in [-0.2, 0) is 0 Å². The van der Waals surface area contributed by atoms with E-state index in [1.165, 1.54) is 27.1 Å². The molecule has 0 radical (unpaired) electrons. The lowest BCUT2D eigenvalue weighted by Gasteiger charge is -2.28. The maximum atomic E-state index is 6.44. The maximum Gasteiger partial charge on any atom is 0.227 e. The van der Waals surface area contributed by atoms with E-state index in [0.717, 1.165) is 66.8 Å². The number of furan rings is 1. The first-order chi connectivity index (χ1) is 27.2. The van der Waals surface area contributed by atoms with Gasteiger partial charge in [0.15, 0.2) is 5.58 Å². The van der Waals surface area contributed by atoms with Crippen LogP contribution in [0.3, 0.4) is 0 Å². The number of aromatic nitrogens is 1. The van der Waals surface area contributed by atoms with Gasteiger partial charge in [-0.25, -0.2) is 4.98 Å². The number of rotatable bonds is 6. The van der Waals surface area contributed by atoms with E-state index in [-0.39, 0.29) is 0 Å². The smallest absolute Gasteiger partial charge is 0.227 e. The Labute approximate surface area is 317 Å². The quantitative estimate of drug-likeness (QED) is 0.162. The summed E-state index contributed by atoms with van der Waals surface area (Å²) >= 11 is 0. The van der Waals surface area contributed by atoms with Crippen LogP contribution < -0.4 is 4.90 Å². The van der Waals surface area contributed by atoms with E-state index >= 15 is 0 Å². The van der Waals surface area contributed by atoms with Crippen LogP contribution in [0, 0.1) is 0 Å². The van der Waals surface area contributed by atoms with Crippen LogP contribution in [0.15, 0.2) is 203 Å². The number of hydrogen-bond donors (Lipinski definition) is 0. The van der Waals surface area contributed by atoms with Gasteiger partial charge < -0.3 is 13.7 Å². The Hall–Kier alpha value is -7.43. The lowest BCUT2D eigenvalue weighted by Crippen LogP contribution is -2.11. The number of nitrogens with zero attached hydrogens (tertiary/aromatic N) is 2. The lowest BCUT2D eigenvalue weighted by molar-refractivity contribution is 0.617. The SMILES string of the molecule is c1ccc(-c2nc3cc4c(cc3o2)oc2cccc(-c3ccc(N(c5ccc6ccc7ccccc7c6c5)c5ccccc5-c5ccccc5)cc3)c24)cc1. The third kappa shape index (κ3) is 5.26. The molecular formula is C51H32N2O2. The van der Waals surface area contributed by atoms with Gasteiger partial charge >= 0.3 is 0 Å². The summed E-state index contributed by atoms with van der Waals surface area (Å²) in [5.74, 6) is 0.598. The Morgan fingerprint density at radius 2 is 1.04 bits per heavy atom. The first-order valence-electron chi connectivity index (χ1n) is 18.5. The molecule has 258 valence electrons. The molecule has 0 spiro atoms. The summed E-state index contributed by atoms with van der Waals surface area (Å²) < 4.78 is 12.6. The van der Waals surface area contributed by atoms with Crippen LogP contribution in [0.2, 0.25) is 0 Å². The van der Waals surface area contributed by atoms with Crippen molar-refractivity contribution in [2.24, 2.45) is 0 Å². The average Bonchev–Trinajstić information content (AvgIpc) is 3.84. The molecule has 0 aliphatic carbocycles. The third-order valence-electron chi connectivity index (χ3n) is 10.7. The molecule has 4 heteroatoms. The van der Waals surface area contributed by atoms with Crippen molar-refractivity contribution in [2.45, 2.75) is 0 Å². The zero-order valence-electron chi connectivity index (χ0n) is 29.7. The standard InChI is InChI=1S/C51H32N2O2/c1-3-12-33(13-4-1)41-18-9-10-20-46(41)53(39-29-26-36-23-22-34-14-7-8-17-40(34)43(36)30-39)38-27-24-35(25-28-38)42-19-11-21-47-50(42)44-31-45-49(32-48(44)54-47)55-51(52-45)37-15-5-2-6-16-37/h1-32H. The summed E-state index contributed by atoms with van der Waals surface area (Å²) in [5.41, 5.74) is 11.8. The molecule has 0 saturated carbocycles. The Morgan fingerprint density at radius 1 is 0.382 bits per heavy atom. The van der Waals surface area contributed by atoms with Crippen LogP contribution >= 0.6 is 0 Å². The fraction of sp³-hybridized carbons (Fsp3) is 0. The van der Waals surface area contributed by atoms with Gasteiger partial charge in [-0.15, -0.1) is 0 Å². The summed E-state index contributed by atoms with van der Waals surface area (Å²) in [7, 11) is 0. The van der Waals surface area contributed by atoms with E-state index in [1.807, 2.05) is 42.5 Å². The van der Waals surface area contributed by atoms with Gasteiger partial charge in [0, 0.05) is 39.3 Å². The minimum atomic E-state index is 0.598. The Balaban J connectivity index is 1.06. The molecule has 0 atom stereocenters. The van der Waals surface area contributed by atoms with Gasteiger partial charge in [-0.1, -0.05) is 133 Å². The topological polar surface area (TPSA) is 42.4 Å². The molecule has 0 amide bonds. The average molecular weight is 705 g/mol. The van der Waals surface area contributed by atoms with Crippen molar-refractivity contribution in [3.8, 4) is 33.7 Å². The van der Waals surface area contributed by atoms with E-state index in [2.05, 4.69) is 157 Å². The zero-order chi connectivity index (χ0) is 36.3. The van der Waals surface area contributed by atoms with E-state index in [4.69, 9.17) is 13.8 Å². The van der Waals surface area contributed by atoms with Gasteiger partial charge in [0.1, 0.15) is 16.7 Å². The number of anilines is 3. The highest BCUT2D eigenvalue weighted by molar-refractivity contribution is 6.15. The van der Waals surface area contributed by atoms with Crippen molar-refractivity contribution in [2.75, 3.05) is 4.90 Å². The van der Waals surface area contributed by atoms with Crippen LogP contribution in [0.25, 0.3) is 88.3 Å². The first kappa shape index (κ1) is 31.1. The van der Waals surface area contributed by atoms with Crippen molar-refractivity contribution in [3.63, 3.8) is 0 Å². The van der Waals surface area contributed by atoms with Crippen molar-refractivity contribution in [1.82, 2.24) is 4.98 Å². The van der Waals surface area contributed by atoms with Crippen LogP contribution in [0.5, 0.6) is 0 Å². The highest BCUT2D eigenvalue weighted by Gasteiger charge is 2.20. The Morgan fingerprint density at radius 3 is 1.87 bits per heavy atom. The molecule has 0 saturated heterocycles. The molecule has 0 unspecified atom stereocenters. The second-order valence-electron chi connectivity index (χ2n) is 13.9. The molecule has 55 heavy (non-hydrogen) atoms. The van der Waals surface area contributed by atoms with Crippen molar-refractivity contribution in [3.05, 3.63) is 194 Å². The number of oxazole rings is 1. The van der Waals surface area contributed by atoms with Crippen molar-refractivity contribution >= 4 is 71.6 Å². The minimum absolute atomic E-state index is 0.598. The number of fused-ring (bicyclic) bond motifs is 7. The van der Waals surface area contributed by atoms with Crippen LogP contribution in [0.1, 0.15) is 0 Å². The number of benzene rings is 9. The predicted molar refractivity (Wildman–Crippen MR) is 227 cm³/mol. The molecule has 4 nitrogen and oxygen atoms in total. The van der Waals surface area contributed by atoms with Gasteiger partial charge in [-0.3, -0.25) is 0 Å². The first-order valence-corrected chi connectivity index (χ1v) is 18.5. The molecule has 11 rings (SSSR count).